The Labute approximate surface area is 63.1 Å². The maximum atomic E-state index is 10.8. The summed E-state index contributed by atoms with van der Waals surface area (Å²) in [4.78, 5) is 10.8. The van der Waals surface area contributed by atoms with Crippen molar-refractivity contribution in [3.8, 4) is 0 Å². The van der Waals surface area contributed by atoms with E-state index in [1.165, 1.54) is 11.3 Å². The van der Waals surface area contributed by atoms with Crippen molar-refractivity contribution in [2.24, 2.45) is 0 Å². The molecule has 0 spiro atoms. The van der Waals surface area contributed by atoms with Gasteiger partial charge in [0.05, 0.1) is 5.92 Å². The Hall–Kier alpha value is -0.770. The van der Waals surface area contributed by atoms with Crippen LogP contribution in [0.1, 0.15) is 24.8 Å². The summed E-state index contributed by atoms with van der Waals surface area (Å²) >= 11 is 1.42. The number of carbonyl (C=O) groups is 1. The standard InChI is InChI=1S/C6H8N2OS/c1-4(5(2)9)6-8-7-3-10-6/h3-4H,1-2H3. The molecular weight excluding hydrogens is 148 g/mol. The minimum absolute atomic E-state index is 0.0903. The van der Waals surface area contributed by atoms with Gasteiger partial charge in [-0.3, -0.25) is 4.79 Å². The minimum Gasteiger partial charge on any atom is -0.299 e. The number of Topliss-reactive ketones (excluding diaryl/α,β-unsaturated/α-hetero) is 1. The van der Waals surface area contributed by atoms with Crippen LogP contribution >= 0.6 is 11.3 Å². The lowest BCUT2D eigenvalue weighted by Gasteiger charge is -1.98. The summed E-state index contributed by atoms with van der Waals surface area (Å²) in [7, 11) is 0. The summed E-state index contributed by atoms with van der Waals surface area (Å²) in [5, 5.41) is 8.23. The first kappa shape index (κ1) is 7.34. The van der Waals surface area contributed by atoms with Crippen LogP contribution in [0.5, 0.6) is 0 Å². The van der Waals surface area contributed by atoms with E-state index in [9.17, 15) is 4.79 Å². The van der Waals surface area contributed by atoms with Crippen molar-refractivity contribution < 1.29 is 4.79 Å². The molecule has 0 radical (unpaired) electrons. The van der Waals surface area contributed by atoms with Crippen molar-refractivity contribution in [3.63, 3.8) is 0 Å². The monoisotopic (exact) mass is 156 g/mol. The first-order valence-electron chi connectivity index (χ1n) is 2.98. The maximum Gasteiger partial charge on any atom is 0.139 e. The van der Waals surface area contributed by atoms with Crippen LogP contribution in [0.4, 0.5) is 0 Å². The van der Waals surface area contributed by atoms with Crippen LogP contribution in [0.15, 0.2) is 5.51 Å². The van der Waals surface area contributed by atoms with E-state index in [-0.39, 0.29) is 11.7 Å². The van der Waals surface area contributed by atoms with Crippen molar-refractivity contribution in [1.82, 2.24) is 10.2 Å². The lowest BCUT2D eigenvalue weighted by molar-refractivity contribution is -0.118. The fourth-order valence-corrected chi connectivity index (χ4v) is 1.21. The molecule has 0 bridgehead atoms. The van der Waals surface area contributed by atoms with Crippen molar-refractivity contribution in [3.05, 3.63) is 10.5 Å². The summed E-state index contributed by atoms with van der Waals surface area (Å²) in [5.41, 5.74) is 1.63. The molecule has 0 aliphatic carbocycles. The van der Waals surface area contributed by atoms with Gasteiger partial charge in [-0.25, -0.2) is 0 Å². The first-order chi connectivity index (χ1) is 4.72. The Morgan fingerprint density at radius 3 is 2.90 bits per heavy atom. The molecule has 0 saturated carbocycles. The Balaban J connectivity index is 2.77. The van der Waals surface area contributed by atoms with Crippen LogP contribution in [0.25, 0.3) is 0 Å². The Kier molecular flexibility index (Phi) is 2.11. The largest absolute Gasteiger partial charge is 0.299 e. The Morgan fingerprint density at radius 2 is 2.50 bits per heavy atom. The number of rotatable bonds is 2. The minimum atomic E-state index is -0.0903. The van der Waals surface area contributed by atoms with E-state index >= 15 is 0 Å². The average Bonchev–Trinajstić information content (AvgIpc) is 2.36. The molecule has 1 atom stereocenters. The predicted molar refractivity (Wildman–Crippen MR) is 39.0 cm³/mol. The molecule has 1 aromatic rings. The molecule has 1 heterocycles. The number of aromatic nitrogens is 2. The van der Waals surface area contributed by atoms with Crippen molar-refractivity contribution in [2.75, 3.05) is 0 Å². The van der Waals surface area contributed by atoms with E-state index in [0.717, 1.165) is 5.01 Å². The highest BCUT2D eigenvalue weighted by Gasteiger charge is 2.12. The van der Waals surface area contributed by atoms with E-state index in [1.807, 2.05) is 6.92 Å². The van der Waals surface area contributed by atoms with Crippen LogP contribution in [-0.4, -0.2) is 16.0 Å². The number of carbonyl (C=O) groups excluding carboxylic acids is 1. The van der Waals surface area contributed by atoms with Crippen molar-refractivity contribution >= 4 is 17.1 Å². The molecule has 0 aliphatic rings. The fourth-order valence-electron chi connectivity index (χ4n) is 0.544. The van der Waals surface area contributed by atoms with Gasteiger partial charge in [-0.2, -0.15) is 0 Å². The smallest absolute Gasteiger partial charge is 0.139 e. The molecule has 54 valence electrons. The van der Waals surface area contributed by atoms with Gasteiger partial charge in [0.2, 0.25) is 0 Å². The number of nitrogens with zero attached hydrogens (tertiary/aromatic N) is 2. The third kappa shape index (κ3) is 1.39. The van der Waals surface area contributed by atoms with Gasteiger partial charge in [0.1, 0.15) is 16.3 Å². The van der Waals surface area contributed by atoms with Gasteiger partial charge in [-0.1, -0.05) is 0 Å². The van der Waals surface area contributed by atoms with E-state index in [2.05, 4.69) is 10.2 Å². The van der Waals surface area contributed by atoms with Crippen LogP contribution in [0, 0.1) is 0 Å². The molecule has 1 unspecified atom stereocenters. The highest BCUT2D eigenvalue weighted by Crippen LogP contribution is 2.16. The highest BCUT2D eigenvalue weighted by molar-refractivity contribution is 7.09. The van der Waals surface area contributed by atoms with E-state index < -0.39 is 0 Å². The Bertz CT molecular complexity index is 220. The lowest BCUT2D eigenvalue weighted by Crippen LogP contribution is -2.03. The van der Waals surface area contributed by atoms with Crippen molar-refractivity contribution in [1.29, 1.82) is 0 Å². The zero-order valence-electron chi connectivity index (χ0n) is 5.87. The molecule has 10 heavy (non-hydrogen) atoms. The highest BCUT2D eigenvalue weighted by atomic mass is 32.1. The third-order valence-corrected chi connectivity index (χ3v) is 2.23. The number of ketones is 1. The fraction of sp³-hybridized carbons (Fsp3) is 0.500. The molecule has 0 aliphatic heterocycles. The summed E-state index contributed by atoms with van der Waals surface area (Å²) in [6, 6.07) is 0. The number of hydrogen-bond acceptors (Lipinski definition) is 4. The predicted octanol–water partition coefficient (Wildman–Crippen LogP) is 1.23. The van der Waals surface area contributed by atoms with E-state index in [1.54, 1.807) is 12.4 Å². The summed E-state index contributed by atoms with van der Waals surface area (Å²) in [6.45, 7) is 3.40. The topological polar surface area (TPSA) is 42.9 Å². The van der Waals surface area contributed by atoms with E-state index in [4.69, 9.17) is 0 Å². The molecular formula is C6H8N2OS. The summed E-state index contributed by atoms with van der Waals surface area (Å²) in [5.74, 6) is 0.0456. The molecule has 0 saturated heterocycles. The van der Waals surface area contributed by atoms with Gasteiger partial charge in [0.15, 0.2) is 0 Å². The van der Waals surface area contributed by atoms with Gasteiger partial charge < -0.3 is 0 Å². The van der Waals surface area contributed by atoms with Gasteiger partial charge in [-0.15, -0.1) is 21.5 Å². The second-order valence-electron chi connectivity index (χ2n) is 2.11. The molecule has 0 fully saturated rings. The van der Waals surface area contributed by atoms with Gasteiger partial charge in [0, 0.05) is 0 Å². The Morgan fingerprint density at radius 1 is 1.80 bits per heavy atom. The van der Waals surface area contributed by atoms with E-state index in [0.29, 0.717) is 0 Å². The first-order valence-corrected chi connectivity index (χ1v) is 3.86. The molecule has 0 aromatic carbocycles. The molecule has 1 rings (SSSR count). The molecule has 4 heteroatoms. The zero-order chi connectivity index (χ0) is 7.56. The molecule has 1 aromatic heterocycles. The van der Waals surface area contributed by atoms with Crippen LogP contribution in [0.2, 0.25) is 0 Å². The van der Waals surface area contributed by atoms with Gasteiger partial charge >= 0.3 is 0 Å². The SMILES string of the molecule is CC(=O)C(C)c1nncs1. The van der Waals surface area contributed by atoms with Gasteiger partial charge in [0.25, 0.3) is 0 Å². The third-order valence-electron chi connectivity index (χ3n) is 1.36. The second-order valence-corrected chi connectivity index (χ2v) is 2.97. The quantitative estimate of drug-likeness (QED) is 0.646. The second kappa shape index (κ2) is 2.88. The maximum absolute atomic E-state index is 10.8. The van der Waals surface area contributed by atoms with Gasteiger partial charge in [-0.05, 0) is 13.8 Å². The molecule has 3 nitrogen and oxygen atoms in total. The average molecular weight is 156 g/mol. The normalized spacial score (nSPS) is 13.0. The number of hydrogen-bond donors (Lipinski definition) is 0. The summed E-state index contributed by atoms with van der Waals surface area (Å²) in [6.07, 6.45) is 0. The molecule has 0 N–H and O–H groups in total. The zero-order valence-corrected chi connectivity index (χ0v) is 6.68. The lowest BCUT2D eigenvalue weighted by atomic mass is 10.1. The molecule has 0 amide bonds. The van der Waals surface area contributed by atoms with Crippen LogP contribution in [0.3, 0.4) is 0 Å². The van der Waals surface area contributed by atoms with Crippen LogP contribution in [-0.2, 0) is 4.79 Å². The van der Waals surface area contributed by atoms with Crippen LogP contribution < -0.4 is 0 Å². The summed E-state index contributed by atoms with van der Waals surface area (Å²) < 4.78 is 0. The van der Waals surface area contributed by atoms with Crippen molar-refractivity contribution in [2.45, 2.75) is 19.8 Å².